The standard InChI is InChI=1S/C15H22N2O/c1-12-5-3-7-14(16-12)11-17(2)10-9-13-6-4-8-15(13)18/h3,5,7,13H,4,6,8-11H2,1-2H3. The molecule has 2 rings (SSSR count). The molecule has 0 radical (unpaired) electrons. The third-order valence-corrected chi connectivity index (χ3v) is 3.67. The van der Waals surface area contributed by atoms with Crippen LogP contribution in [0.3, 0.4) is 0 Å². The van der Waals surface area contributed by atoms with Crippen LogP contribution in [0.15, 0.2) is 18.2 Å². The topological polar surface area (TPSA) is 33.2 Å². The Kier molecular flexibility index (Phi) is 4.48. The average molecular weight is 246 g/mol. The maximum Gasteiger partial charge on any atom is 0.136 e. The van der Waals surface area contributed by atoms with Gasteiger partial charge in [-0.3, -0.25) is 9.78 Å². The lowest BCUT2D eigenvalue weighted by Gasteiger charge is -2.18. The Balaban J connectivity index is 1.78. The molecular weight excluding hydrogens is 224 g/mol. The van der Waals surface area contributed by atoms with Crippen LogP contribution >= 0.6 is 0 Å². The van der Waals surface area contributed by atoms with E-state index in [9.17, 15) is 4.79 Å². The SMILES string of the molecule is Cc1cccc(CN(C)CCC2CCCC2=O)n1. The number of Topliss-reactive ketones (excluding diaryl/α,β-unsaturated/α-hetero) is 1. The Morgan fingerprint density at radius 3 is 2.94 bits per heavy atom. The van der Waals surface area contributed by atoms with Crippen LogP contribution in [0.25, 0.3) is 0 Å². The smallest absolute Gasteiger partial charge is 0.136 e. The first-order chi connectivity index (χ1) is 8.65. The molecule has 18 heavy (non-hydrogen) atoms. The van der Waals surface area contributed by atoms with Crippen molar-refractivity contribution in [3.63, 3.8) is 0 Å². The van der Waals surface area contributed by atoms with E-state index in [1.165, 1.54) is 0 Å². The van der Waals surface area contributed by atoms with Crippen molar-refractivity contribution in [3.05, 3.63) is 29.6 Å². The van der Waals surface area contributed by atoms with E-state index in [-0.39, 0.29) is 0 Å². The summed E-state index contributed by atoms with van der Waals surface area (Å²) in [5.74, 6) is 0.787. The summed E-state index contributed by atoms with van der Waals surface area (Å²) in [5, 5.41) is 0. The molecule has 0 aromatic carbocycles. The van der Waals surface area contributed by atoms with Crippen molar-refractivity contribution in [2.75, 3.05) is 13.6 Å². The van der Waals surface area contributed by atoms with Crippen LogP contribution in [-0.2, 0) is 11.3 Å². The van der Waals surface area contributed by atoms with Gasteiger partial charge in [-0.1, -0.05) is 6.07 Å². The minimum atomic E-state index is 0.318. The van der Waals surface area contributed by atoms with Gasteiger partial charge >= 0.3 is 0 Å². The van der Waals surface area contributed by atoms with Crippen LogP contribution in [0.1, 0.15) is 37.1 Å². The highest BCUT2D eigenvalue weighted by Crippen LogP contribution is 2.24. The molecule has 3 nitrogen and oxygen atoms in total. The van der Waals surface area contributed by atoms with E-state index in [0.717, 1.165) is 50.2 Å². The minimum absolute atomic E-state index is 0.318. The van der Waals surface area contributed by atoms with E-state index in [0.29, 0.717) is 11.7 Å². The van der Waals surface area contributed by atoms with Gasteiger partial charge in [0.05, 0.1) is 5.69 Å². The van der Waals surface area contributed by atoms with Crippen LogP contribution in [0, 0.1) is 12.8 Å². The molecule has 1 atom stereocenters. The molecule has 1 fully saturated rings. The van der Waals surface area contributed by atoms with Gasteiger partial charge in [-0.05, 0) is 51.9 Å². The molecule has 1 aromatic heterocycles. The van der Waals surface area contributed by atoms with Crippen molar-refractivity contribution in [3.8, 4) is 0 Å². The van der Waals surface area contributed by atoms with Crippen molar-refractivity contribution in [1.29, 1.82) is 0 Å². The molecule has 1 aromatic rings. The predicted molar refractivity (Wildman–Crippen MR) is 72.3 cm³/mol. The van der Waals surface area contributed by atoms with Gasteiger partial charge in [0.2, 0.25) is 0 Å². The first-order valence-electron chi connectivity index (χ1n) is 6.79. The van der Waals surface area contributed by atoms with Crippen LogP contribution in [0.4, 0.5) is 0 Å². The molecule has 0 spiro atoms. The van der Waals surface area contributed by atoms with Crippen molar-refractivity contribution in [2.24, 2.45) is 5.92 Å². The van der Waals surface area contributed by atoms with Gasteiger partial charge < -0.3 is 4.90 Å². The van der Waals surface area contributed by atoms with Crippen LogP contribution < -0.4 is 0 Å². The van der Waals surface area contributed by atoms with Gasteiger partial charge in [-0.15, -0.1) is 0 Å². The summed E-state index contributed by atoms with van der Waals surface area (Å²) < 4.78 is 0. The third-order valence-electron chi connectivity index (χ3n) is 3.67. The molecule has 1 unspecified atom stereocenters. The van der Waals surface area contributed by atoms with Crippen LogP contribution in [0.2, 0.25) is 0 Å². The number of ketones is 1. The predicted octanol–water partition coefficient (Wildman–Crippen LogP) is 2.58. The number of hydrogen-bond acceptors (Lipinski definition) is 3. The molecule has 1 aliphatic carbocycles. The molecule has 98 valence electrons. The van der Waals surface area contributed by atoms with E-state index in [1.807, 2.05) is 19.1 Å². The minimum Gasteiger partial charge on any atom is -0.301 e. The Labute approximate surface area is 109 Å². The zero-order valence-electron chi connectivity index (χ0n) is 11.4. The van der Waals surface area contributed by atoms with E-state index in [2.05, 4.69) is 23.0 Å². The van der Waals surface area contributed by atoms with Gasteiger partial charge in [0.25, 0.3) is 0 Å². The first kappa shape index (κ1) is 13.2. The zero-order valence-corrected chi connectivity index (χ0v) is 11.4. The number of carbonyl (C=O) groups is 1. The lowest BCUT2D eigenvalue weighted by Crippen LogP contribution is -2.23. The van der Waals surface area contributed by atoms with Gasteiger partial charge in [0.15, 0.2) is 0 Å². The number of aromatic nitrogens is 1. The third kappa shape index (κ3) is 3.64. The first-order valence-corrected chi connectivity index (χ1v) is 6.79. The number of carbonyl (C=O) groups excluding carboxylic acids is 1. The molecule has 0 bridgehead atoms. The molecule has 0 aliphatic heterocycles. The number of aryl methyl sites for hydroxylation is 1. The van der Waals surface area contributed by atoms with E-state index >= 15 is 0 Å². The fraction of sp³-hybridized carbons (Fsp3) is 0.600. The van der Waals surface area contributed by atoms with Gasteiger partial charge in [0.1, 0.15) is 5.78 Å². The number of nitrogens with zero attached hydrogens (tertiary/aromatic N) is 2. The van der Waals surface area contributed by atoms with Gasteiger partial charge in [-0.25, -0.2) is 0 Å². The summed E-state index contributed by atoms with van der Waals surface area (Å²) in [5.41, 5.74) is 2.17. The van der Waals surface area contributed by atoms with E-state index in [4.69, 9.17) is 0 Å². The number of pyridine rings is 1. The Hall–Kier alpha value is -1.22. The van der Waals surface area contributed by atoms with Crippen molar-refractivity contribution < 1.29 is 4.79 Å². The Bertz CT molecular complexity index is 417. The van der Waals surface area contributed by atoms with Crippen LogP contribution in [-0.4, -0.2) is 29.3 Å². The zero-order chi connectivity index (χ0) is 13.0. The fourth-order valence-electron chi connectivity index (χ4n) is 2.61. The van der Waals surface area contributed by atoms with Crippen LogP contribution in [0.5, 0.6) is 0 Å². The highest BCUT2D eigenvalue weighted by Gasteiger charge is 2.24. The fourth-order valence-corrected chi connectivity index (χ4v) is 2.61. The molecular formula is C15H22N2O. The van der Waals surface area contributed by atoms with E-state index < -0.39 is 0 Å². The summed E-state index contributed by atoms with van der Waals surface area (Å²) in [7, 11) is 2.10. The molecule has 0 amide bonds. The molecule has 0 N–H and O–H groups in total. The summed E-state index contributed by atoms with van der Waals surface area (Å²) in [6, 6.07) is 6.12. The molecule has 3 heteroatoms. The summed E-state index contributed by atoms with van der Waals surface area (Å²) in [4.78, 5) is 18.3. The molecule has 1 aliphatic rings. The van der Waals surface area contributed by atoms with E-state index in [1.54, 1.807) is 0 Å². The second-order valence-electron chi connectivity index (χ2n) is 5.35. The summed E-state index contributed by atoms with van der Waals surface area (Å²) in [6.45, 7) is 3.86. The average Bonchev–Trinajstić information content (AvgIpc) is 2.72. The molecule has 1 heterocycles. The molecule has 1 saturated carbocycles. The number of hydrogen-bond donors (Lipinski definition) is 0. The lowest BCUT2D eigenvalue weighted by molar-refractivity contribution is -0.120. The molecule has 0 saturated heterocycles. The Morgan fingerprint density at radius 1 is 1.44 bits per heavy atom. The second-order valence-corrected chi connectivity index (χ2v) is 5.35. The monoisotopic (exact) mass is 246 g/mol. The quantitative estimate of drug-likeness (QED) is 0.800. The summed E-state index contributed by atoms with van der Waals surface area (Å²) >= 11 is 0. The highest BCUT2D eigenvalue weighted by atomic mass is 16.1. The number of rotatable bonds is 5. The normalized spacial score (nSPS) is 19.7. The summed E-state index contributed by atoms with van der Waals surface area (Å²) in [6.07, 6.45) is 3.98. The maximum atomic E-state index is 11.6. The van der Waals surface area contributed by atoms with Crippen molar-refractivity contribution >= 4 is 5.78 Å². The maximum absolute atomic E-state index is 11.6. The Morgan fingerprint density at radius 2 is 2.28 bits per heavy atom. The highest BCUT2D eigenvalue weighted by molar-refractivity contribution is 5.82. The van der Waals surface area contributed by atoms with Gasteiger partial charge in [-0.2, -0.15) is 0 Å². The largest absolute Gasteiger partial charge is 0.301 e. The second kappa shape index (κ2) is 6.10. The van der Waals surface area contributed by atoms with Crippen molar-refractivity contribution in [2.45, 2.75) is 39.2 Å². The van der Waals surface area contributed by atoms with Crippen molar-refractivity contribution in [1.82, 2.24) is 9.88 Å². The van der Waals surface area contributed by atoms with Gasteiger partial charge in [0, 0.05) is 24.6 Å². The lowest BCUT2D eigenvalue weighted by atomic mass is 10.0.